The van der Waals surface area contributed by atoms with Crippen molar-refractivity contribution < 1.29 is 4.92 Å². The van der Waals surface area contributed by atoms with Crippen LogP contribution in [0, 0.1) is 13.7 Å². The van der Waals surface area contributed by atoms with Crippen molar-refractivity contribution in [2.45, 2.75) is 6.54 Å². The largest absolute Gasteiger partial charge is 0.379 e. The molecule has 0 unspecified atom stereocenters. The Kier molecular flexibility index (Phi) is 4.57. The Bertz CT molecular complexity index is 588. The average molecular weight is 439 g/mol. The van der Waals surface area contributed by atoms with E-state index in [1.54, 1.807) is 6.07 Å². The fraction of sp³-hybridized carbons (Fsp3) is 0.0909. The number of hydrogen-bond acceptors (Lipinski definition) is 4. The van der Waals surface area contributed by atoms with Crippen LogP contribution in [0.2, 0.25) is 0 Å². The van der Waals surface area contributed by atoms with Gasteiger partial charge in [-0.25, -0.2) is 0 Å². The molecule has 2 rings (SSSR count). The maximum absolute atomic E-state index is 10.6. The van der Waals surface area contributed by atoms with E-state index in [4.69, 9.17) is 0 Å². The fourth-order valence-electron chi connectivity index (χ4n) is 1.38. The van der Waals surface area contributed by atoms with Crippen molar-refractivity contribution in [2.24, 2.45) is 0 Å². The van der Waals surface area contributed by atoms with E-state index in [2.05, 4.69) is 43.8 Å². The number of halogens is 2. The summed E-state index contributed by atoms with van der Waals surface area (Å²) in [5, 5.41) is 14.0. The molecule has 0 saturated carbocycles. The van der Waals surface area contributed by atoms with Crippen LogP contribution < -0.4 is 5.32 Å². The van der Waals surface area contributed by atoms with Gasteiger partial charge in [-0.3, -0.25) is 10.1 Å². The molecule has 1 aromatic heterocycles. The van der Waals surface area contributed by atoms with Crippen molar-refractivity contribution >= 4 is 60.5 Å². The molecular formula is C11H8BrIN2O2S. The van der Waals surface area contributed by atoms with Gasteiger partial charge in [0.15, 0.2) is 0 Å². The van der Waals surface area contributed by atoms with Crippen LogP contribution in [0.25, 0.3) is 0 Å². The first kappa shape index (κ1) is 13.8. The molecule has 0 spiro atoms. The first-order valence-corrected chi connectivity index (χ1v) is 7.67. The molecule has 1 aromatic carbocycles. The van der Waals surface area contributed by atoms with Gasteiger partial charge in [-0.15, -0.1) is 0 Å². The predicted octanol–water partition coefficient (Wildman–Crippen LogP) is 4.64. The summed E-state index contributed by atoms with van der Waals surface area (Å²) >= 11 is 6.86. The maximum atomic E-state index is 10.6. The van der Waals surface area contributed by atoms with Gasteiger partial charge in [0.25, 0.3) is 0 Å². The zero-order valence-corrected chi connectivity index (χ0v) is 13.6. The molecular weight excluding hydrogens is 431 g/mol. The summed E-state index contributed by atoms with van der Waals surface area (Å²) < 4.78 is 2.12. The van der Waals surface area contributed by atoms with Gasteiger partial charge in [-0.05, 0) is 46.9 Å². The summed E-state index contributed by atoms with van der Waals surface area (Å²) in [7, 11) is 0. The molecule has 0 saturated heterocycles. The minimum Gasteiger partial charge on any atom is -0.379 e. The third-order valence-corrected chi connectivity index (χ3v) is 4.68. The lowest BCUT2D eigenvalue weighted by Crippen LogP contribution is -1.99. The number of nitrogens with one attached hydrogen (secondary N) is 1. The first-order chi connectivity index (χ1) is 8.56. The van der Waals surface area contributed by atoms with E-state index in [-0.39, 0.29) is 9.92 Å². The van der Waals surface area contributed by atoms with Crippen molar-refractivity contribution in [1.29, 1.82) is 0 Å². The van der Waals surface area contributed by atoms with E-state index in [0.29, 0.717) is 6.54 Å². The fourth-order valence-corrected chi connectivity index (χ4v) is 3.02. The number of nitro groups is 1. The number of thiophene rings is 1. The van der Waals surface area contributed by atoms with Gasteiger partial charge in [0, 0.05) is 31.2 Å². The van der Waals surface area contributed by atoms with Gasteiger partial charge in [0.1, 0.15) is 0 Å². The summed E-state index contributed by atoms with van der Waals surface area (Å²) in [5.41, 5.74) is 1.01. The first-order valence-electron chi connectivity index (χ1n) is 4.98. The van der Waals surface area contributed by atoms with Crippen molar-refractivity contribution in [3.63, 3.8) is 0 Å². The highest BCUT2D eigenvalue weighted by molar-refractivity contribution is 14.1. The summed E-state index contributed by atoms with van der Waals surface area (Å²) in [5.74, 6) is 0. The van der Waals surface area contributed by atoms with Crippen LogP contribution in [-0.2, 0) is 6.54 Å². The topological polar surface area (TPSA) is 55.2 Å². The lowest BCUT2D eigenvalue weighted by molar-refractivity contribution is -0.380. The van der Waals surface area contributed by atoms with Gasteiger partial charge < -0.3 is 5.32 Å². The molecule has 94 valence electrons. The van der Waals surface area contributed by atoms with Gasteiger partial charge in [0.05, 0.1) is 4.92 Å². The minimum atomic E-state index is -0.364. The number of benzene rings is 1. The second-order valence-electron chi connectivity index (χ2n) is 3.47. The lowest BCUT2D eigenvalue weighted by atomic mass is 10.3. The van der Waals surface area contributed by atoms with Crippen molar-refractivity contribution in [2.75, 3.05) is 5.32 Å². The molecule has 0 aliphatic rings. The summed E-state index contributed by atoms with van der Waals surface area (Å²) in [4.78, 5) is 11.2. The molecule has 0 fully saturated rings. The molecule has 2 aromatic rings. The predicted molar refractivity (Wildman–Crippen MR) is 85.2 cm³/mol. The molecule has 0 aliphatic heterocycles. The Labute approximate surface area is 130 Å². The number of nitrogens with zero attached hydrogens (tertiary/aromatic N) is 1. The van der Waals surface area contributed by atoms with Gasteiger partial charge in [-0.1, -0.05) is 27.3 Å². The molecule has 1 N–H and O–H groups in total. The summed E-state index contributed by atoms with van der Waals surface area (Å²) in [6, 6.07) is 9.28. The molecule has 0 bridgehead atoms. The maximum Gasteiger partial charge on any atom is 0.324 e. The van der Waals surface area contributed by atoms with Gasteiger partial charge >= 0.3 is 5.00 Å². The van der Waals surface area contributed by atoms with E-state index in [1.807, 2.05) is 18.2 Å². The monoisotopic (exact) mass is 438 g/mol. The van der Waals surface area contributed by atoms with E-state index in [9.17, 15) is 10.1 Å². The van der Waals surface area contributed by atoms with Crippen molar-refractivity contribution in [3.05, 3.63) is 53.4 Å². The Balaban J connectivity index is 2.06. The molecule has 7 heteroatoms. The van der Waals surface area contributed by atoms with E-state index >= 15 is 0 Å². The molecule has 0 radical (unpaired) electrons. The second kappa shape index (κ2) is 5.98. The molecule has 0 atom stereocenters. The quantitative estimate of drug-likeness (QED) is 0.430. The van der Waals surface area contributed by atoms with Crippen LogP contribution in [0.1, 0.15) is 4.88 Å². The average Bonchev–Trinajstić information content (AvgIpc) is 2.79. The smallest absolute Gasteiger partial charge is 0.324 e. The van der Waals surface area contributed by atoms with Crippen LogP contribution in [0.4, 0.5) is 10.7 Å². The van der Waals surface area contributed by atoms with Crippen LogP contribution in [0.3, 0.4) is 0 Å². The Morgan fingerprint density at radius 1 is 1.39 bits per heavy atom. The van der Waals surface area contributed by atoms with E-state index < -0.39 is 0 Å². The molecule has 4 nitrogen and oxygen atoms in total. The zero-order chi connectivity index (χ0) is 13.1. The molecule has 1 heterocycles. The third kappa shape index (κ3) is 3.42. The van der Waals surface area contributed by atoms with Crippen LogP contribution >= 0.6 is 49.9 Å². The highest BCUT2D eigenvalue weighted by Crippen LogP contribution is 2.27. The van der Waals surface area contributed by atoms with Gasteiger partial charge in [-0.2, -0.15) is 0 Å². The molecule has 0 aliphatic carbocycles. The third-order valence-electron chi connectivity index (χ3n) is 2.21. The highest BCUT2D eigenvalue weighted by Gasteiger charge is 2.09. The van der Waals surface area contributed by atoms with Gasteiger partial charge in [0.2, 0.25) is 0 Å². The SMILES string of the molecule is O=[N+]([O-])c1ccc(CNc2cc(Br)ccc2I)s1. The second-order valence-corrected chi connectivity index (χ2v) is 6.70. The molecule has 18 heavy (non-hydrogen) atoms. The van der Waals surface area contributed by atoms with Crippen molar-refractivity contribution in [1.82, 2.24) is 0 Å². The summed E-state index contributed by atoms with van der Waals surface area (Å²) in [6.45, 7) is 0.588. The van der Waals surface area contributed by atoms with E-state index in [1.165, 1.54) is 17.4 Å². The Hall–Kier alpha value is -0.670. The van der Waals surface area contributed by atoms with Crippen LogP contribution in [0.5, 0.6) is 0 Å². The lowest BCUT2D eigenvalue weighted by Gasteiger charge is -2.07. The molecule has 0 amide bonds. The number of rotatable bonds is 4. The van der Waals surface area contributed by atoms with Crippen LogP contribution in [0.15, 0.2) is 34.8 Å². The summed E-state index contributed by atoms with van der Waals surface area (Å²) in [6.07, 6.45) is 0. The highest BCUT2D eigenvalue weighted by atomic mass is 127. The number of hydrogen-bond donors (Lipinski definition) is 1. The van der Waals surface area contributed by atoms with Crippen molar-refractivity contribution in [3.8, 4) is 0 Å². The minimum absolute atomic E-state index is 0.177. The Morgan fingerprint density at radius 2 is 2.17 bits per heavy atom. The number of anilines is 1. The van der Waals surface area contributed by atoms with Crippen LogP contribution in [-0.4, -0.2) is 4.92 Å². The standard InChI is InChI=1S/C11H8BrIN2O2S/c12-7-1-3-9(13)10(5-7)14-6-8-2-4-11(18-8)15(16)17/h1-5,14H,6H2. The normalized spacial score (nSPS) is 10.3. The Morgan fingerprint density at radius 3 is 2.83 bits per heavy atom. The van der Waals surface area contributed by atoms with E-state index in [0.717, 1.165) is 18.6 Å². The zero-order valence-electron chi connectivity index (χ0n) is 9.02.